The largest absolute Gasteiger partial charge is 0.330 e. The van der Waals surface area contributed by atoms with Gasteiger partial charge in [0, 0.05) is 28.9 Å². The normalized spacial score (nSPS) is 14.8. The molecule has 0 radical (unpaired) electrons. The van der Waals surface area contributed by atoms with Crippen LogP contribution in [-0.4, -0.2) is 41.7 Å². The average Bonchev–Trinajstić information content (AvgIpc) is 2.01. The first kappa shape index (κ1) is 13.1. The molecule has 0 bridgehead atoms. The van der Waals surface area contributed by atoms with Gasteiger partial charge in [-0.15, -0.1) is 0 Å². The second kappa shape index (κ2) is 5.72. The van der Waals surface area contributed by atoms with E-state index in [-0.39, 0.29) is 16.8 Å². The lowest BCUT2D eigenvalue weighted by Crippen LogP contribution is -2.23. The summed E-state index contributed by atoms with van der Waals surface area (Å²) in [6.07, 6.45) is 0. The Labute approximate surface area is 82.3 Å². The summed E-state index contributed by atoms with van der Waals surface area (Å²) in [4.78, 5) is 0. The van der Waals surface area contributed by atoms with Crippen molar-refractivity contribution in [3.63, 3.8) is 0 Å². The first-order chi connectivity index (χ1) is 5.90. The standard InChI is InChI=1S/C7H17NO3S2/c1-7(2)13(10,11)6-5-12(9)4-3-8/h7H,3-6,8H2,1-2H3. The SMILES string of the molecule is CC(C)S(=O)(=O)CCS(=O)CCN. The maximum Gasteiger partial charge on any atom is 0.153 e. The van der Waals surface area contributed by atoms with Crippen molar-refractivity contribution in [1.82, 2.24) is 0 Å². The molecule has 0 amide bonds. The summed E-state index contributed by atoms with van der Waals surface area (Å²) in [6, 6.07) is 0. The van der Waals surface area contributed by atoms with Crippen LogP contribution >= 0.6 is 0 Å². The van der Waals surface area contributed by atoms with Gasteiger partial charge in [0.1, 0.15) is 0 Å². The van der Waals surface area contributed by atoms with Crippen LogP contribution in [0.2, 0.25) is 0 Å². The number of sulfone groups is 1. The summed E-state index contributed by atoms with van der Waals surface area (Å²) >= 11 is 0. The Morgan fingerprint density at radius 2 is 1.85 bits per heavy atom. The molecule has 0 spiro atoms. The van der Waals surface area contributed by atoms with Gasteiger partial charge in [0.25, 0.3) is 0 Å². The molecule has 0 aromatic carbocycles. The van der Waals surface area contributed by atoms with E-state index >= 15 is 0 Å². The Kier molecular flexibility index (Phi) is 5.75. The van der Waals surface area contributed by atoms with Crippen molar-refractivity contribution >= 4 is 20.6 Å². The fraction of sp³-hybridized carbons (Fsp3) is 1.00. The van der Waals surface area contributed by atoms with E-state index in [0.29, 0.717) is 12.3 Å². The van der Waals surface area contributed by atoms with E-state index < -0.39 is 20.6 Å². The highest BCUT2D eigenvalue weighted by atomic mass is 32.2. The fourth-order valence-electron chi connectivity index (χ4n) is 0.678. The highest BCUT2D eigenvalue weighted by Gasteiger charge is 2.16. The molecule has 0 aliphatic rings. The van der Waals surface area contributed by atoms with Crippen molar-refractivity contribution < 1.29 is 12.6 Å². The minimum absolute atomic E-state index is 0.00270. The van der Waals surface area contributed by atoms with Gasteiger partial charge in [-0.1, -0.05) is 0 Å². The summed E-state index contributed by atoms with van der Waals surface area (Å²) in [6.45, 7) is 3.59. The van der Waals surface area contributed by atoms with Crippen LogP contribution in [0.15, 0.2) is 0 Å². The molecule has 0 aliphatic carbocycles. The molecule has 0 aromatic rings. The van der Waals surface area contributed by atoms with Gasteiger partial charge >= 0.3 is 0 Å². The fourth-order valence-corrected chi connectivity index (χ4v) is 3.29. The molecule has 13 heavy (non-hydrogen) atoms. The first-order valence-electron chi connectivity index (χ1n) is 4.16. The summed E-state index contributed by atoms with van der Waals surface area (Å²) < 4.78 is 33.6. The van der Waals surface area contributed by atoms with Crippen LogP contribution in [-0.2, 0) is 20.6 Å². The van der Waals surface area contributed by atoms with Crippen molar-refractivity contribution in [2.75, 3.05) is 23.8 Å². The van der Waals surface area contributed by atoms with Gasteiger partial charge < -0.3 is 5.73 Å². The summed E-state index contributed by atoms with van der Waals surface area (Å²) in [5.74, 6) is 0.586. The third-order valence-electron chi connectivity index (χ3n) is 1.66. The second-order valence-corrected chi connectivity index (χ2v) is 7.43. The van der Waals surface area contributed by atoms with Crippen LogP contribution in [0.25, 0.3) is 0 Å². The van der Waals surface area contributed by atoms with E-state index in [1.807, 2.05) is 0 Å². The number of hydrogen-bond acceptors (Lipinski definition) is 4. The highest BCUT2D eigenvalue weighted by Crippen LogP contribution is 2.00. The van der Waals surface area contributed by atoms with Crippen molar-refractivity contribution in [1.29, 1.82) is 0 Å². The van der Waals surface area contributed by atoms with E-state index in [2.05, 4.69) is 0 Å². The minimum Gasteiger partial charge on any atom is -0.330 e. The van der Waals surface area contributed by atoms with Crippen LogP contribution in [0, 0.1) is 0 Å². The van der Waals surface area contributed by atoms with E-state index in [4.69, 9.17) is 5.73 Å². The zero-order valence-electron chi connectivity index (χ0n) is 8.02. The molecule has 0 saturated heterocycles. The predicted octanol–water partition coefficient (Wildman–Crippen LogP) is -0.483. The lowest BCUT2D eigenvalue weighted by Gasteiger charge is -2.06. The van der Waals surface area contributed by atoms with Gasteiger partial charge in [0.15, 0.2) is 9.84 Å². The molecule has 4 nitrogen and oxygen atoms in total. The van der Waals surface area contributed by atoms with Gasteiger partial charge in [-0.25, -0.2) is 8.42 Å². The van der Waals surface area contributed by atoms with Gasteiger partial charge in [0.05, 0.1) is 11.0 Å². The molecule has 0 heterocycles. The minimum atomic E-state index is -3.05. The molecule has 0 saturated carbocycles. The van der Waals surface area contributed by atoms with E-state index in [1.54, 1.807) is 13.8 Å². The Morgan fingerprint density at radius 3 is 2.23 bits per heavy atom. The van der Waals surface area contributed by atoms with Crippen molar-refractivity contribution in [2.45, 2.75) is 19.1 Å². The average molecular weight is 227 g/mol. The molecule has 0 aliphatic heterocycles. The number of hydrogen-bond donors (Lipinski definition) is 1. The molecule has 1 unspecified atom stereocenters. The predicted molar refractivity (Wildman–Crippen MR) is 55.9 cm³/mol. The van der Waals surface area contributed by atoms with E-state index in [9.17, 15) is 12.6 Å². The smallest absolute Gasteiger partial charge is 0.153 e. The Hall–Kier alpha value is 0.0600. The molecule has 0 rings (SSSR count). The van der Waals surface area contributed by atoms with Crippen LogP contribution < -0.4 is 5.73 Å². The van der Waals surface area contributed by atoms with Crippen molar-refractivity contribution in [3.8, 4) is 0 Å². The van der Waals surface area contributed by atoms with Crippen molar-refractivity contribution in [2.24, 2.45) is 5.73 Å². The monoisotopic (exact) mass is 227 g/mol. The zero-order valence-corrected chi connectivity index (χ0v) is 9.66. The summed E-state index contributed by atoms with van der Waals surface area (Å²) in [5.41, 5.74) is 5.19. The molecule has 0 aromatic heterocycles. The molecule has 1 atom stereocenters. The second-order valence-electron chi connectivity index (χ2n) is 3.05. The van der Waals surface area contributed by atoms with Crippen LogP contribution in [0.5, 0.6) is 0 Å². The Balaban J connectivity index is 3.96. The third kappa shape index (κ3) is 5.38. The van der Waals surface area contributed by atoms with Crippen LogP contribution in [0.3, 0.4) is 0 Å². The molecular weight excluding hydrogens is 210 g/mol. The maximum atomic E-state index is 11.3. The summed E-state index contributed by atoms with van der Waals surface area (Å²) in [5, 5.41) is -0.387. The Morgan fingerprint density at radius 1 is 1.31 bits per heavy atom. The maximum absolute atomic E-state index is 11.3. The van der Waals surface area contributed by atoms with E-state index in [1.165, 1.54) is 0 Å². The van der Waals surface area contributed by atoms with Crippen LogP contribution in [0.1, 0.15) is 13.8 Å². The highest BCUT2D eigenvalue weighted by molar-refractivity contribution is 7.93. The quantitative estimate of drug-likeness (QED) is 0.664. The van der Waals surface area contributed by atoms with E-state index in [0.717, 1.165) is 0 Å². The van der Waals surface area contributed by atoms with Gasteiger partial charge in [0.2, 0.25) is 0 Å². The van der Waals surface area contributed by atoms with Gasteiger partial charge in [-0.3, -0.25) is 4.21 Å². The summed E-state index contributed by atoms with van der Waals surface area (Å²) in [7, 11) is -4.13. The lowest BCUT2D eigenvalue weighted by atomic mass is 10.6. The molecule has 6 heteroatoms. The Bertz CT molecular complexity index is 259. The number of nitrogens with two attached hydrogens (primary N) is 1. The van der Waals surface area contributed by atoms with Gasteiger partial charge in [-0.2, -0.15) is 0 Å². The topological polar surface area (TPSA) is 77.2 Å². The lowest BCUT2D eigenvalue weighted by molar-refractivity contribution is 0.588. The molecule has 80 valence electrons. The van der Waals surface area contributed by atoms with Crippen LogP contribution in [0.4, 0.5) is 0 Å². The molecule has 2 N–H and O–H groups in total. The zero-order chi connectivity index (χ0) is 10.5. The van der Waals surface area contributed by atoms with Gasteiger partial charge in [-0.05, 0) is 13.8 Å². The van der Waals surface area contributed by atoms with Crippen molar-refractivity contribution in [3.05, 3.63) is 0 Å². The third-order valence-corrected chi connectivity index (χ3v) is 5.48. The molecule has 0 fully saturated rings. The first-order valence-corrected chi connectivity index (χ1v) is 7.37. The molecular formula is C7H17NO3S2. The number of rotatable bonds is 6.